The highest BCUT2D eigenvalue weighted by Crippen LogP contribution is 2.30. The molecule has 2 N–H and O–H groups in total. The molecule has 1 aromatic carbocycles. The van der Waals surface area contributed by atoms with Gasteiger partial charge in [-0.2, -0.15) is 0 Å². The van der Waals surface area contributed by atoms with Crippen molar-refractivity contribution in [1.82, 2.24) is 14.8 Å². The Kier molecular flexibility index (Phi) is 6.18. The van der Waals surface area contributed by atoms with Crippen molar-refractivity contribution in [3.05, 3.63) is 53.7 Å². The van der Waals surface area contributed by atoms with E-state index in [0.717, 1.165) is 29.8 Å². The molecule has 0 saturated heterocycles. The summed E-state index contributed by atoms with van der Waals surface area (Å²) in [7, 11) is 1.83. The first-order chi connectivity index (χ1) is 14.6. The summed E-state index contributed by atoms with van der Waals surface area (Å²) in [6.45, 7) is 1.74. The van der Waals surface area contributed by atoms with Gasteiger partial charge in [0.15, 0.2) is 5.13 Å². The van der Waals surface area contributed by atoms with E-state index in [2.05, 4.69) is 15.6 Å². The van der Waals surface area contributed by atoms with Crippen LogP contribution in [-0.2, 0) is 4.79 Å². The van der Waals surface area contributed by atoms with Gasteiger partial charge in [-0.25, -0.2) is 4.98 Å². The molecule has 3 aromatic rings. The Labute approximate surface area is 179 Å². The Bertz CT molecular complexity index is 1040. The number of benzene rings is 1. The largest absolute Gasteiger partial charge is 0.490 e. The number of nitrogens with one attached hydrogen (secondary N) is 2. The molecule has 1 radical (unpaired) electrons. The highest BCUT2D eigenvalue weighted by Gasteiger charge is 2.19. The molecule has 30 heavy (non-hydrogen) atoms. The van der Waals surface area contributed by atoms with Gasteiger partial charge in [-0.05, 0) is 43.7 Å². The zero-order chi connectivity index (χ0) is 20.9. The minimum Gasteiger partial charge on any atom is -0.490 e. The van der Waals surface area contributed by atoms with Crippen molar-refractivity contribution < 1.29 is 14.3 Å². The maximum atomic E-state index is 12.2. The summed E-state index contributed by atoms with van der Waals surface area (Å²) >= 11 is 1.34. The van der Waals surface area contributed by atoms with Crippen LogP contribution in [-0.4, -0.2) is 41.3 Å². The van der Waals surface area contributed by atoms with Crippen molar-refractivity contribution >= 4 is 35.7 Å². The van der Waals surface area contributed by atoms with Crippen LogP contribution in [0.5, 0.6) is 5.75 Å². The average Bonchev–Trinajstić information content (AvgIpc) is 3.39. The SMILES string of the molecule is C[B]n1ccc(C(=O)NCC(=O)Nc2nc(-c3cccc(OC4CCC4)c3)cs2)c1. The molecule has 4 rings (SSSR count). The van der Waals surface area contributed by atoms with Gasteiger partial charge in [-0.15, -0.1) is 11.3 Å². The summed E-state index contributed by atoms with van der Waals surface area (Å²) in [6.07, 6.45) is 7.23. The van der Waals surface area contributed by atoms with Crippen LogP contribution in [0, 0.1) is 0 Å². The number of aromatic nitrogens is 2. The third kappa shape index (κ3) is 4.91. The molecule has 0 aliphatic heterocycles. The second-order valence-corrected chi connectivity index (χ2v) is 7.93. The third-order valence-corrected chi connectivity index (χ3v) is 5.68. The second-order valence-electron chi connectivity index (χ2n) is 7.07. The van der Waals surface area contributed by atoms with Crippen molar-refractivity contribution in [3.63, 3.8) is 0 Å². The fourth-order valence-corrected chi connectivity index (χ4v) is 3.74. The molecule has 0 atom stereocenters. The third-order valence-electron chi connectivity index (χ3n) is 4.92. The molecule has 0 spiro atoms. The standard InChI is InChI=1S/C21H22BN4O3S/c1-22-26-9-8-15(12-26)20(28)23-11-19(27)25-21-24-18(13-30-21)14-4-2-7-17(10-14)29-16-5-3-6-16/h2,4,7-10,12-13,16H,3,5-6,11H2,1H3,(H,23,28)(H,24,25,27). The number of hydrogen-bond donors (Lipinski definition) is 2. The average molecular weight is 421 g/mol. The van der Waals surface area contributed by atoms with Crippen LogP contribution in [0.15, 0.2) is 48.1 Å². The van der Waals surface area contributed by atoms with E-state index in [1.165, 1.54) is 17.8 Å². The van der Waals surface area contributed by atoms with Gasteiger partial charge in [0, 0.05) is 17.1 Å². The lowest BCUT2D eigenvalue weighted by Crippen LogP contribution is -2.32. The summed E-state index contributed by atoms with van der Waals surface area (Å²) in [5.74, 6) is 0.217. The molecule has 0 unspecified atom stereocenters. The monoisotopic (exact) mass is 421 g/mol. The van der Waals surface area contributed by atoms with Crippen molar-refractivity contribution in [2.45, 2.75) is 32.2 Å². The molecule has 2 amide bonds. The van der Waals surface area contributed by atoms with Gasteiger partial charge in [-0.1, -0.05) is 19.0 Å². The molecule has 9 heteroatoms. The van der Waals surface area contributed by atoms with E-state index in [-0.39, 0.29) is 18.4 Å². The number of thiazole rings is 1. The van der Waals surface area contributed by atoms with Gasteiger partial charge >= 0.3 is 0 Å². The normalized spacial score (nSPS) is 13.4. The fourth-order valence-electron chi connectivity index (χ4n) is 3.01. The van der Waals surface area contributed by atoms with Crippen LogP contribution in [0.2, 0.25) is 6.82 Å². The lowest BCUT2D eigenvalue weighted by molar-refractivity contribution is -0.115. The maximum absolute atomic E-state index is 12.2. The predicted octanol–water partition coefficient (Wildman–Crippen LogP) is 3.43. The summed E-state index contributed by atoms with van der Waals surface area (Å²) in [6, 6.07) is 9.53. The Balaban J connectivity index is 1.31. The number of carbonyl (C=O) groups is 2. The molecule has 1 fully saturated rings. The molecular formula is C21H22BN4O3S. The molecule has 7 nitrogen and oxygen atoms in total. The van der Waals surface area contributed by atoms with E-state index in [1.807, 2.05) is 43.9 Å². The predicted molar refractivity (Wildman–Crippen MR) is 118 cm³/mol. The van der Waals surface area contributed by atoms with E-state index < -0.39 is 0 Å². The van der Waals surface area contributed by atoms with Crippen LogP contribution in [0.3, 0.4) is 0 Å². The Morgan fingerprint density at radius 2 is 2.20 bits per heavy atom. The van der Waals surface area contributed by atoms with Gasteiger partial charge in [0.2, 0.25) is 13.3 Å². The molecule has 1 aliphatic carbocycles. The first-order valence-corrected chi connectivity index (χ1v) is 10.8. The first kappa shape index (κ1) is 20.2. The van der Waals surface area contributed by atoms with Crippen LogP contribution >= 0.6 is 11.3 Å². The van der Waals surface area contributed by atoms with E-state index in [4.69, 9.17) is 4.74 Å². The van der Waals surface area contributed by atoms with Crippen molar-refractivity contribution in [3.8, 4) is 17.0 Å². The highest BCUT2D eigenvalue weighted by molar-refractivity contribution is 7.14. The van der Waals surface area contributed by atoms with Gasteiger partial charge in [0.25, 0.3) is 5.91 Å². The highest BCUT2D eigenvalue weighted by atomic mass is 32.1. The zero-order valence-corrected chi connectivity index (χ0v) is 17.4. The number of carbonyl (C=O) groups excluding carboxylic acids is 2. The van der Waals surface area contributed by atoms with Crippen LogP contribution in [0.4, 0.5) is 5.13 Å². The zero-order valence-electron chi connectivity index (χ0n) is 16.6. The lowest BCUT2D eigenvalue weighted by Gasteiger charge is -2.26. The molecular weight excluding hydrogens is 399 g/mol. The van der Waals surface area contributed by atoms with E-state index in [0.29, 0.717) is 16.8 Å². The molecule has 2 heterocycles. The molecule has 0 bridgehead atoms. The lowest BCUT2D eigenvalue weighted by atomic mass is 9.96. The van der Waals surface area contributed by atoms with Gasteiger partial charge in [0.05, 0.1) is 23.9 Å². The van der Waals surface area contributed by atoms with Crippen LogP contribution < -0.4 is 15.4 Å². The van der Waals surface area contributed by atoms with Crippen LogP contribution in [0.25, 0.3) is 11.3 Å². The number of rotatable bonds is 8. The Hall–Kier alpha value is -3.07. The van der Waals surface area contributed by atoms with Crippen molar-refractivity contribution in [2.75, 3.05) is 11.9 Å². The molecule has 2 aromatic heterocycles. The molecule has 1 aliphatic rings. The van der Waals surface area contributed by atoms with E-state index in [9.17, 15) is 9.59 Å². The second kappa shape index (κ2) is 9.17. The van der Waals surface area contributed by atoms with E-state index in [1.54, 1.807) is 22.9 Å². The number of anilines is 1. The number of amides is 2. The number of ether oxygens (including phenoxy) is 1. The summed E-state index contributed by atoms with van der Waals surface area (Å²) in [4.78, 5) is 28.8. The topological polar surface area (TPSA) is 85.3 Å². The number of hydrogen-bond acceptors (Lipinski definition) is 5. The smallest absolute Gasteiger partial charge is 0.253 e. The summed E-state index contributed by atoms with van der Waals surface area (Å²) < 4.78 is 7.72. The van der Waals surface area contributed by atoms with Gasteiger partial charge in [-0.3, -0.25) is 9.59 Å². The quantitative estimate of drug-likeness (QED) is 0.546. The Morgan fingerprint density at radius 1 is 1.33 bits per heavy atom. The van der Waals surface area contributed by atoms with Crippen LogP contribution in [0.1, 0.15) is 29.6 Å². The minimum atomic E-state index is -0.326. The first-order valence-electron chi connectivity index (χ1n) is 9.88. The summed E-state index contributed by atoms with van der Waals surface area (Å²) in [5, 5.41) is 7.72. The summed E-state index contributed by atoms with van der Waals surface area (Å²) in [5.41, 5.74) is 2.21. The minimum absolute atomic E-state index is 0.126. The van der Waals surface area contributed by atoms with Gasteiger partial charge < -0.3 is 19.8 Å². The molecule has 1 saturated carbocycles. The van der Waals surface area contributed by atoms with Gasteiger partial charge in [0.1, 0.15) is 5.75 Å². The van der Waals surface area contributed by atoms with E-state index >= 15 is 0 Å². The Morgan fingerprint density at radius 3 is 2.93 bits per heavy atom. The fraction of sp³-hybridized carbons (Fsp3) is 0.286. The van der Waals surface area contributed by atoms with Crippen molar-refractivity contribution in [1.29, 1.82) is 0 Å². The maximum Gasteiger partial charge on any atom is 0.253 e. The number of nitrogens with zero attached hydrogens (tertiary/aromatic N) is 2. The molecule has 153 valence electrons. The van der Waals surface area contributed by atoms with Crippen molar-refractivity contribution in [2.24, 2.45) is 0 Å².